The van der Waals surface area contributed by atoms with Crippen LogP contribution in [0.3, 0.4) is 0 Å². The average molecular weight is 438 g/mol. The van der Waals surface area contributed by atoms with Gasteiger partial charge in [-0.25, -0.2) is 0 Å². The third kappa shape index (κ3) is 6.95. The Labute approximate surface area is 179 Å². The number of carbonyl (C=O) groups is 4. The molecule has 0 N–H and O–H groups in total. The van der Waals surface area contributed by atoms with Crippen LogP contribution in [0.5, 0.6) is 5.75 Å². The Bertz CT molecular complexity index is 820. The zero-order chi connectivity index (χ0) is 23.1. The molecule has 31 heavy (non-hydrogen) atoms. The summed E-state index contributed by atoms with van der Waals surface area (Å²) in [6.45, 7) is 6.18. The second-order valence-electron chi connectivity index (χ2n) is 6.95. The molecule has 1 aromatic rings. The molecule has 170 valence electrons. The molecule has 0 amide bonds. The van der Waals surface area contributed by atoms with Crippen LogP contribution in [-0.4, -0.2) is 61.2 Å². The number of carbonyl (C=O) groups excluding carboxylic acids is 4. The van der Waals surface area contributed by atoms with Crippen molar-refractivity contribution in [2.24, 2.45) is 0 Å². The molecule has 0 aliphatic carbocycles. The Morgan fingerprint density at radius 2 is 1.35 bits per heavy atom. The van der Waals surface area contributed by atoms with E-state index in [4.69, 9.17) is 28.4 Å². The normalized spacial score (nSPS) is 25.1. The molecule has 0 spiro atoms. The molecular formula is C21H26O10. The number of hydrogen-bond acceptors (Lipinski definition) is 10. The van der Waals surface area contributed by atoms with Crippen LogP contribution in [0, 0.1) is 6.92 Å². The van der Waals surface area contributed by atoms with E-state index in [2.05, 4.69) is 0 Å². The Morgan fingerprint density at radius 3 is 1.90 bits per heavy atom. The summed E-state index contributed by atoms with van der Waals surface area (Å²) in [7, 11) is 0. The lowest BCUT2D eigenvalue weighted by Crippen LogP contribution is -2.63. The van der Waals surface area contributed by atoms with E-state index in [-0.39, 0.29) is 6.61 Å². The van der Waals surface area contributed by atoms with Crippen molar-refractivity contribution in [3.63, 3.8) is 0 Å². The fourth-order valence-corrected chi connectivity index (χ4v) is 3.10. The maximum Gasteiger partial charge on any atom is 0.303 e. The molecule has 1 fully saturated rings. The minimum absolute atomic E-state index is 0.314. The molecule has 10 nitrogen and oxygen atoms in total. The minimum Gasteiger partial charge on any atom is -0.463 e. The molecule has 1 heterocycles. The monoisotopic (exact) mass is 438 g/mol. The van der Waals surface area contributed by atoms with Gasteiger partial charge in [-0.15, -0.1) is 0 Å². The van der Waals surface area contributed by atoms with Gasteiger partial charge in [-0.05, 0) is 18.6 Å². The van der Waals surface area contributed by atoms with Crippen molar-refractivity contribution < 1.29 is 47.6 Å². The average Bonchev–Trinajstić information content (AvgIpc) is 2.65. The van der Waals surface area contributed by atoms with Gasteiger partial charge in [0.15, 0.2) is 12.2 Å². The van der Waals surface area contributed by atoms with E-state index in [1.165, 1.54) is 13.8 Å². The minimum atomic E-state index is -1.27. The van der Waals surface area contributed by atoms with Gasteiger partial charge in [0.25, 0.3) is 0 Å². The zero-order valence-electron chi connectivity index (χ0n) is 18.0. The molecule has 0 unspecified atom stereocenters. The summed E-state index contributed by atoms with van der Waals surface area (Å²) in [4.78, 5) is 46.6. The highest BCUT2D eigenvalue weighted by molar-refractivity contribution is 5.68. The molecule has 1 aliphatic heterocycles. The largest absolute Gasteiger partial charge is 0.463 e. The number of aryl methyl sites for hydroxylation is 1. The summed E-state index contributed by atoms with van der Waals surface area (Å²) in [5.41, 5.74) is 0.773. The van der Waals surface area contributed by atoms with Crippen LogP contribution in [0.4, 0.5) is 0 Å². The molecular weight excluding hydrogens is 412 g/mol. The van der Waals surface area contributed by atoms with Gasteiger partial charge < -0.3 is 28.4 Å². The Balaban J connectivity index is 2.46. The van der Waals surface area contributed by atoms with Gasteiger partial charge in [0.1, 0.15) is 18.5 Å². The molecule has 10 heteroatoms. The summed E-state index contributed by atoms with van der Waals surface area (Å²) >= 11 is 0. The fraction of sp³-hybridized carbons (Fsp3) is 0.524. The molecule has 0 radical (unpaired) electrons. The van der Waals surface area contributed by atoms with E-state index < -0.39 is 54.6 Å². The summed E-state index contributed by atoms with van der Waals surface area (Å²) in [6.07, 6.45) is -6.06. The Morgan fingerprint density at radius 1 is 0.806 bits per heavy atom. The van der Waals surface area contributed by atoms with Crippen molar-refractivity contribution in [3.05, 3.63) is 29.8 Å². The first kappa shape index (κ1) is 24.1. The van der Waals surface area contributed by atoms with Crippen LogP contribution in [0.15, 0.2) is 24.3 Å². The van der Waals surface area contributed by atoms with Gasteiger partial charge >= 0.3 is 23.9 Å². The lowest BCUT2D eigenvalue weighted by atomic mass is 9.98. The van der Waals surface area contributed by atoms with Crippen molar-refractivity contribution >= 4 is 23.9 Å². The van der Waals surface area contributed by atoms with Crippen molar-refractivity contribution in [1.82, 2.24) is 0 Å². The van der Waals surface area contributed by atoms with Crippen LogP contribution in [0.2, 0.25) is 0 Å². The second kappa shape index (κ2) is 10.8. The first-order chi connectivity index (χ1) is 14.6. The quantitative estimate of drug-likeness (QED) is 0.456. The number of esters is 4. The number of para-hydroxylation sites is 1. The van der Waals surface area contributed by atoms with Crippen molar-refractivity contribution in [2.45, 2.75) is 65.3 Å². The first-order valence-corrected chi connectivity index (χ1v) is 9.61. The van der Waals surface area contributed by atoms with Crippen molar-refractivity contribution in [3.8, 4) is 5.75 Å². The van der Waals surface area contributed by atoms with Crippen LogP contribution >= 0.6 is 0 Å². The van der Waals surface area contributed by atoms with E-state index in [0.29, 0.717) is 5.75 Å². The van der Waals surface area contributed by atoms with Crippen LogP contribution in [0.25, 0.3) is 0 Å². The van der Waals surface area contributed by atoms with E-state index >= 15 is 0 Å². The van der Waals surface area contributed by atoms with Crippen LogP contribution in [0.1, 0.15) is 33.3 Å². The molecule has 1 aromatic carbocycles. The van der Waals surface area contributed by atoms with Crippen LogP contribution < -0.4 is 4.74 Å². The topological polar surface area (TPSA) is 124 Å². The molecule has 1 aliphatic rings. The van der Waals surface area contributed by atoms with E-state index in [1.807, 2.05) is 6.07 Å². The number of hydrogen-bond donors (Lipinski definition) is 0. The molecule has 0 aromatic heterocycles. The smallest absolute Gasteiger partial charge is 0.303 e. The SMILES string of the molecule is CC(=O)OC[C@@H]1O[C@H](Oc2ccccc2C)[C@H](OC(C)=O)[C@H](OC(C)=O)[C@@H]1OC(C)=O. The maximum atomic E-state index is 11.8. The summed E-state index contributed by atoms with van der Waals surface area (Å²) in [6, 6.07) is 7.05. The molecule has 2 rings (SSSR count). The van der Waals surface area contributed by atoms with Crippen LogP contribution in [-0.2, 0) is 42.9 Å². The van der Waals surface area contributed by atoms with E-state index in [1.54, 1.807) is 25.1 Å². The standard InChI is InChI=1S/C21H26O10/c1-11-8-6-7-9-16(11)30-21-20(29-15(5)25)19(28-14(4)24)18(27-13(3)23)17(31-21)10-26-12(2)22/h6-9,17-21H,10H2,1-5H3/t17-,18+,19+,20+,21-/m0/s1. The predicted octanol–water partition coefficient (Wildman–Crippen LogP) is 1.46. The highest BCUT2D eigenvalue weighted by Crippen LogP contribution is 2.31. The summed E-state index contributed by atoms with van der Waals surface area (Å²) in [5.74, 6) is -2.25. The molecule has 1 saturated heterocycles. The second-order valence-corrected chi connectivity index (χ2v) is 6.95. The summed E-state index contributed by atoms with van der Waals surface area (Å²) in [5, 5.41) is 0. The lowest BCUT2D eigenvalue weighted by molar-refractivity contribution is -0.288. The fourth-order valence-electron chi connectivity index (χ4n) is 3.10. The van der Waals surface area contributed by atoms with Gasteiger partial charge in [-0.1, -0.05) is 18.2 Å². The summed E-state index contributed by atoms with van der Waals surface area (Å²) < 4.78 is 32.9. The first-order valence-electron chi connectivity index (χ1n) is 9.61. The van der Waals surface area contributed by atoms with E-state index in [0.717, 1.165) is 19.4 Å². The molecule has 5 atom stereocenters. The highest BCUT2D eigenvalue weighted by atomic mass is 16.7. The number of rotatable bonds is 7. The third-order valence-corrected chi connectivity index (χ3v) is 4.28. The Kier molecular flexibility index (Phi) is 8.38. The number of benzene rings is 1. The zero-order valence-corrected chi connectivity index (χ0v) is 18.0. The van der Waals surface area contributed by atoms with E-state index in [9.17, 15) is 19.2 Å². The third-order valence-electron chi connectivity index (χ3n) is 4.28. The molecule has 0 saturated carbocycles. The van der Waals surface area contributed by atoms with Crippen molar-refractivity contribution in [2.75, 3.05) is 6.61 Å². The highest BCUT2D eigenvalue weighted by Gasteiger charge is 2.53. The Hall–Kier alpha value is -3.14. The maximum absolute atomic E-state index is 11.8. The van der Waals surface area contributed by atoms with Gasteiger partial charge in [0.2, 0.25) is 12.4 Å². The number of ether oxygens (including phenoxy) is 6. The van der Waals surface area contributed by atoms with Gasteiger partial charge in [0.05, 0.1) is 0 Å². The van der Waals surface area contributed by atoms with Gasteiger partial charge in [-0.2, -0.15) is 0 Å². The molecule has 0 bridgehead atoms. The lowest BCUT2D eigenvalue weighted by Gasteiger charge is -2.44. The predicted molar refractivity (Wildman–Crippen MR) is 104 cm³/mol. The van der Waals surface area contributed by atoms with Gasteiger partial charge in [0, 0.05) is 27.7 Å². The van der Waals surface area contributed by atoms with Gasteiger partial charge in [-0.3, -0.25) is 19.2 Å². The van der Waals surface area contributed by atoms with Crippen molar-refractivity contribution in [1.29, 1.82) is 0 Å².